The fourth-order valence-electron chi connectivity index (χ4n) is 3.22. The van der Waals surface area contributed by atoms with Gasteiger partial charge in [-0.3, -0.25) is 9.58 Å². The minimum absolute atomic E-state index is 0.272. The molecule has 2 heterocycles. The molecule has 1 aromatic carbocycles. The van der Waals surface area contributed by atoms with Gasteiger partial charge in [0.15, 0.2) is 0 Å². The second-order valence-corrected chi connectivity index (χ2v) is 6.06. The summed E-state index contributed by atoms with van der Waals surface area (Å²) in [6.45, 7) is 6.93. The van der Waals surface area contributed by atoms with E-state index < -0.39 is 0 Å². The summed E-state index contributed by atoms with van der Waals surface area (Å²) in [5.41, 5.74) is 9.87. The van der Waals surface area contributed by atoms with E-state index in [4.69, 9.17) is 5.73 Å². The Hall–Kier alpha value is -1.85. The lowest BCUT2D eigenvalue weighted by Gasteiger charge is -2.39. The SMILES string of the molecule is Cc1cccc(N2CCN(C(CN)c3cnn(C)c3)CC2)c1. The summed E-state index contributed by atoms with van der Waals surface area (Å²) in [7, 11) is 1.95. The minimum Gasteiger partial charge on any atom is -0.369 e. The molecule has 1 fully saturated rings. The summed E-state index contributed by atoms with van der Waals surface area (Å²) in [4.78, 5) is 4.93. The molecule has 1 atom stereocenters. The molecule has 1 aliphatic heterocycles. The zero-order valence-corrected chi connectivity index (χ0v) is 13.4. The van der Waals surface area contributed by atoms with E-state index in [-0.39, 0.29) is 6.04 Å². The Morgan fingerprint density at radius 1 is 1.23 bits per heavy atom. The monoisotopic (exact) mass is 299 g/mol. The molecule has 118 valence electrons. The molecular formula is C17H25N5. The van der Waals surface area contributed by atoms with Crippen LogP contribution < -0.4 is 10.6 Å². The molecule has 1 aromatic heterocycles. The van der Waals surface area contributed by atoms with Crippen LogP contribution in [0.5, 0.6) is 0 Å². The van der Waals surface area contributed by atoms with Gasteiger partial charge in [-0.25, -0.2) is 0 Å². The molecular weight excluding hydrogens is 274 g/mol. The predicted molar refractivity (Wildman–Crippen MR) is 90.0 cm³/mol. The molecule has 5 nitrogen and oxygen atoms in total. The quantitative estimate of drug-likeness (QED) is 0.930. The van der Waals surface area contributed by atoms with Gasteiger partial charge in [-0.1, -0.05) is 12.1 Å². The predicted octanol–water partition coefficient (Wildman–Crippen LogP) is 1.55. The summed E-state index contributed by atoms with van der Waals surface area (Å²) in [6.07, 6.45) is 4.01. The van der Waals surface area contributed by atoms with Gasteiger partial charge >= 0.3 is 0 Å². The van der Waals surface area contributed by atoms with Crippen molar-refractivity contribution in [3.05, 3.63) is 47.8 Å². The molecule has 5 heteroatoms. The summed E-state index contributed by atoms with van der Waals surface area (Å²) >= 11 is 0. The van der Waals surface area contributed by atoms with Gasteiger partial charge in [0.1, 0.15) is 0 Å². The van der Waals surface area contributed by atoms with Crippen molar-refractivity contribution in [1.82, 2.24) is 14.7 Å². The van der Waals surface area contributed by atoms with E-state index in [0.29, 0.717) is 6.54 Å². The van der Waals surface area contributed by atoms with E-state index in [1.807, 2.05) is 17.9 Å². The highest BCUT2D eigenvalue weighted by atomic mass is 15.3. The highest BCUT2D eigenvalue weighted by Crippen LogP contribution is 2.23. The summed E-state index contributed by atoms with van der Waals surface area (Å²) < 4.78 is 1.85. The molecule has 0 spiro atoms. The van der Waals surface area contributed by atoms with Gasteiger partial charge in [-0.2, -0.15) is 5.10 Å². The van der Waals surface area contributed by atoms with Crippen LogP contribution in [-0.2, 0) is 7.05 Å². The standard InChI is InChI=1S/C17H25N5/c1-14-4-3-5-16(10-14)21-6-8-22(9-7-21)17(11-18)15-12-19-20(2)13-15/h3-5,10,12-13,17H,6-9,11,18H2,1-2H3. The number of hydrogen-bond acceptors (Lipinski definition) is 4. The van der Waals surface area contributed by atoms with Crippen LogP contribution in [0.4, 0.5) is 5.69 Å². The Morgan fingerprint density at radius 3 is 2.59 bits per heavy atom. The fraction of sp³-hybridized carbons (Fsp3) is 0.471. The number of benzene rings is 1. The second kappa shape index (κ2) is 6.50. The Morgan fingerprint density at radius 2 is 2.00 bits per heavy atom. The van der Waals surface area contributed by atoms with Crippen LogP contribution in [0.15, 0.2) is 36.7 Å². The van der Waals surface area contributed by atoms with Crippen molar-refractivity contribution in [2.45, 2.75) is 13.0 Å². The number of rotatable bonds is 4. The van der Waals surface area contributed by atoms with Crippen LogP contribution in [0.3, 0.4) is 0 Å². The summed E-state index contributed by atoms with van der Waals surface area (Å²) in [6, 6.07) is 9.01. The molecule has 2 aromatic rings. The van der Waals surface area contributed by atoms with Crippen LogP contribution in [0.2, 0.25) is 0 Å². The van der Waals surface area contributed by atoms with Gasteiger partial charge in [0.25, 0.3) is 0 Å². The lowest BCUT2D eigenvalue weighted by molar-refractivity contribution is 0.190. The third-order valence-electron chi connectivity index (χ3n) is 4.45. The van der Waals surface area contributed by atoms with Gasteiger partial charge in [-0.05, 0) is 24.6 Å². The molecule has 0 radical (unpaired) electrons. The number of nitrogens with zero attached hydrogens (tertiary/aromatic N) is 4. The zero-order chi connectivity index (χ0) is 15.5. The third-order valence-corrected chi connectivity index (χ3v) is 4.45. The molecule has 1 aliphatic rings. The summed E-state index contributed by atoms with van der Waals surface area (Å²) in [5, 5.41) is 4.28. The first-order valence-corrected chi connectivity index (χ1v) is 7.91. The van der Waals surface area contributed by atoms with Crippen LogP contribution in [0, 0.1) is 6.92 Å². The van der Waals surface area contributed by atoms with Crippen molar-refractivity contribution in [3.8, 4) is 0 Å². The Bertz CT molecular complexity index is 613. The molecule has 1 unspecified atom stereocenters. The van der Waals surface area contributed by atoms with E-state index in [2.05, 4.69) is 52.3 Å². The highest BCUT2D eigenvalue weighted by Gasteiger charge is 2.25. The van der Waals surface area contributed by atoms with E-state index in [1.165, 1.54) is 16.8 Å². The average Bonchev–Trinajstić information content (AvgIpc) is 2.95. The smallest absolute Gasteiger partial charge is 0.0538 e. The van der Waals surface area contributed by atoms with Crippen molar-refractivity contribution < 1.29 is 0 Å². The van der Waals surface area contributed by atoms with Crippen LogP contribution >= 0.6 is 0 Å². The third kappa shape index (κ3) is 3.15. The average molecular weight is 299 g/mol. The molecule has 2 N–H and O–H groups in total. The maximum atomic E-state index is 6.02. The minimum atomic E-state index is 0.272. The molecule has 3 rings (SSSR count). The van der Waals surface area contributed by atoms with Crippen molar-refractivity contribution in [1.29, 1.82) is 0 Å². The van der Waals surface area contributed by atoms with Crippen molar-refractivity contribution in [3.63, 3.8) is 0 Å². The van der Waals surface area contributed by atoms with Gasteiger partial charge in [-0.15, -0.1) is 0 Å². The maximum absolute atomic E-state index is 6.02. The molecule has 0 bridgehead atoms. The number of piperazine rings is 1. The van der Waals surface area contributed by atoms with Gasteiger partial charge in [0.2, 0.25) is 0 Å². The van der Waals surface area contributed by atoms with E-state index in [9.17, 15) is 0 Å². The number of hydrogen-bond donors (Lipinski definition) is 1. The Kier molecular flexibility index (Phi) is 4.45. The number of aryl methyl sites for hydroxylation is 2. The van der Waals surface area contributed by atoms with E-state index in [0.717, 1.165) is 26.2 Å². The lowest BCUT2D eigenvalue weighted by Crippen LogP contribution is -2.49. The van der Waals surface area contributed by atoms with Gasteiger partial charge in [0.05, 0.1) is 12.2 Å². The summed E-state index contributed by atoms with van der Waals surface area (Å²) in [5.74, 6) is 0. The lowest BCUT2D eigenvalue weighted by atomic mass is 10.1. The number of aromatic nitrogens is 2. The van der Waals surface area contributed by atoms with Crippen LogP contribution in [-0.4, -0.2) is 47.4 Å². The number of anilines is 1. The van der Waals surface area contributed by atoms with E-state index in [1.54, 1.807) is 0 Å². The molecule has 1 saturated heterocycles. The molecule has 0 amide bonds. The largest absolute Gasteiger partial charge is 0.369 e. The van der Waals surface area contributed by atoms with Crippen LogP contribution in [0.1, 0.15) is 17.2 Å². The first-order valence-electron chi connectivity index (χ1n) is 7.91. The topological polar surface area (TPSA) is 50.3 Å². The molecule has 0 saturated carbocycles. The van der Waals surface area contributed by atoms with Gasteiger partial charge < -0.3 is 10.6 Å². The number of nitrogens with two attached hydrogens (primary N) is 1. The van der Waals surface area contributed by atoms with Crippen molar-refractivity contribution in [2.75, 3.05) is 37.6 Å². The first kappa shape index (κ1) is 15.1. The Balaban J connectivity index is 1.65. The van der Waals surface area contributed by atoms with E-state index >= 15 is 0 Å². The van der Waals surface area contributed by atoms with Crippen LogP contribution in [0.25, 0.3) is 0 Å². The maximum Gasteiger partial charge on any atom is 0.0538 e. The van der Waals surface area contributed by atoms with Crippen molar-refractivity contribution >= 4 is 5.69 Å². The molecule has 22 heavy (non-hydrogen) atoms. The van der Waals surface area contributed by atoms with Crippen molar-refractivity contribution in [2.24, 2.45) is 12.8 Å². The molecule has 0 aliphatic carbocycles. The van der Waals surface area contributed by atoms with Gasteiger partial charge in [0, 0.05) is 57.2 Å². The first-order chi connectivity index (χ1) is 10.7. The zero-order valence-electron chi connectivity index (χ0n) is 13.4. The fourth-order valence-corrected chi connectivity index (χ4v) is 3.22. The second-order valence-electron chi connectivity index (χ2n) is 6.06. The normalized spacial score (nSPS) is 17.7. The highest BCUT2D eigenvalue weighted by molar-refractivity contribution is 5.48. The Labute approximate surface area is 132 Å².